The third kappa shape index (κ3) is 2.70. The number of esters is 1. The second-order valence-electron chi connectivity index (χ2n) is 4.06. The largest absolute Gasteiger partial charge is 0.486 e. The van der Waals surface area contributed by atoms with Crippen LogP contribution in [0.25, 0.3) is 0 Å². The lowest BCUT2D eigenvalue weighted by Gasteiger charge is -2.20. The minimum absolute atomic E-state index is 0.177. The Hall–Kier alpha value is -2.04. The van der Waals surface area contributed by atoms with Crippen molar-refractivity contribution in [2.24, 2.45) is 0 Å². The Morgan fingerprint density at radius 2 is 1.79 bits per heavy atom. The maximum atomic E-state index is 12.0. The predicted molar refractivity (Wildman–Crippen MR) is 67.8 cm³/mol. The predicted octanol–water partition coefficient (Wildman–Crippen LogP) is 1.77. The summed E-state index contributed by atoms with van der Waals surface area (Å²) in [4.78, 5) is 23.6. The van der Waals surface area contributed by atoms with Crippen molar-refractivity contribution >= 4 is 11.8 Å². The number of carbonyl (C=O) groups is 2. The van der Waals surface area contributed by atoms with Crippen LogP contribution in [-0.2, 0) is 16.0 Å². The molecule has 1 aromatic rings. The van der Waals surface area contributed by atoms with E-state index in [1.54, 1.807) is 19.1 Å². The number of rotatable bonds is 4. The zero-order valence-electron chi connectivity index (χ0n) is 11.0. The summed E-state index contributed by atoms with van der Waals surface area (Å²) in [5.41, 5.74) is 1.08. The van der Waals surface area contributed by atoms with E-state index in [0.717, 1.165) is 5.56 Å². The van der Waals surface area contributed by atoms with Crippen LogP contribution in [0.2, 0.25) is 0 Å². The van der Waals surface area contributed by atoms with Gasteiger partial charge in [0.2, 0.25) is 0 Å². The molecule has 1 aliphatic heterocycles. The van der Waals surface area contributed by atoms with Gasteiger partial charge in [0.05, 0.1) is 6.61 Å². The molecule has 1 aliphatic rings. The van der Waals surface area contributed by atoms with Gasteiger partial charge in [-0.15, -0.1) is 0 Å². The summed E-state index contributed by atoms with van der Waals surface area (Å²) in [7, 11) is 0. The van der Waals surface area contributed by atoms with Crippen molar-refractivity contribution in [1.82, 2.24) is 0 Å². The molecule has 1 aromatic carbocycles. The van der Waals surface area contributed by atoms with Crippen LogP contribution in [0.1, 0.15) is 29.8 Å². The number of Topliss-reactive ketones (excluding diaryl/α,β-unsaturated/α-hetero) is 1. The second kappa shape index (κ2) is 5.73. The Morgan fingerprint density at radius 3 is 2.37 bits per heavy atom. The summed E-state index contributed by atoms with van der Waals surface area (Å²) in [6, 6.07) is 3.31. The number of fused-ring (bicyclic) bond motifs is 1. The van der Waals surface area contributed by atoms with Crippen molar-refractivity contribution in [3.8, 4) is 11.5 Å². The number of aryl methyl sites for hydroxylation is 1. The molecule has 0 fully saturated rings. The monoisotopic (exact) mass is 264 g/mol. The summed E-state index contributed by atoms with van der Waals surface area (Å²) in [6.45, 7) is 4.67. The number of hydrogen-bond donors (Lipinski definition) is 0. The number of ketones is 1. The van der Waals surface area contributed by atoms with Crippen LogP contribution in [0.3, 0.4) is 0 Å². The topological polar surface area (TPSA) is 61.8 Å². The number of hydrogen-bond acceptors (Lipinski definition) is 5. The third-order valence-corrected chi connectivity index (χ3v) is 2.85. The summed E-state index contributed by atoms with van der Waals surface area (Å²) in [5, 5.41) is 0. The first-order chi connectivity index (χ1) is 9.17. The highest BCUT2D eigenvalue weighted by Crippen LogP contribution is 2.33. The number of ether oxygens (including phenoxy) is 3. The van der Waals surface area contributed by atoms with Gasteiger partial charge in [-0.1, -0.05) is 6.92 Å². The molecule has 0 atom stereocenters. The van der Waals surface area contributed by atoms with E-state index in [2.05, 4.69) is 0 Å². The highest BCUT2D eigenvalue weighted by atomic mass is 16.6. The zero-order valence-corrected chi connectivity index (χ0v) is 11.0. The van der Waals surface area contributed by atoms with E-state index >= 15 is 0 Å². The fraction of sp³-hybridized carbons (Fsp3) is 0.429. The van der Waals surface area contributed by atoms with Crippen molar-refractivity contribution in [2.75, 3.05) is 19.8 Å². The Labute approximate surface area is 111 Å². The standard InChI is InChI=1S/C14H16O5/c1-3-9-7-11-12(19-6-5-18-11)8-10(9)13(15)14(16)17-4-2/h7-8H,3-6H2,1-2H3. The summed E-state index contributed by atoms with van der Waals surface area (Å²) >= 11 is 0. The summed E-state index contributed by atoms with van der Waals surface area (Å²) in [6.07, 6.45) is 0.622. The van der Waals surface area contributed by atoms with E-state index in [9.17, 15) is 9.59 Å². The van der Waals surface area contributed by atoms with E-state index in [1.165, 1.54) is 0 Å². The van der Waals surface area contributed by atoms with Gasteiger partial charge >= 0.3 is 5.97 Å². The van der Waals surface area contributed by atoms with Crippen molar-refractivity contribution in [3.63, 3.8) is 0 Å². The van der Waals surface area contributed by atoms with Crippen LogP contribution >= 0.6 is 0 Å². The van der Waals surface area contributed by atoms with Gasteiger partial charge in [-0.2, -0.15) is 0 Å². The first kappa shape index (κ1) is 13.4. The first-order valence-electron chi connectivity index (χ1n) is 6.31. The maximum Gasteiger partial charge on any atom is 0.379 e. The molecule has 0 aromatic heterocycles. The van der Waals surface area contributed by atoms with E-state index in [1.807, 2.05) is 6.92 Å². The molecular formula is C14H16O5. The lowest BCUT2D eigenvalue weighted by molar-refractivity contribution is -0.137. The average molecular weight is 264 g/mol. The Bertz CT molecular complexity index is 507. The molecule has 102 valence electrons. The van der Waals surface area contributed by atoms with Gasteiger partial charge in [0.1, 0.15) is 13.2 Å². The molecule has 0 amide bonds. The van der Waals surface area contributed by atoms with Crippen molar-refractivity contribution in [3.05, 3.63) is 23.3 Å². The molecule has 0 bridgehead atoms. The molecule has 0 spiro atoms. The number of carbonyl (C=O) groups excluding carboxylic acids is 2. The van der Waals surface area contributed by atoms with Crippen LogP contribution in [-0.4, -0.2) is 31.6 Å². The van der Waals surface area contributed by atoms with Gasteiger partial charge in [0.25, 0.3) is 5.78 Å². The fourth-order valence-electron chi connectivity index (χ4n) is 1.94. The molecule has 0 unspecified atom stereocenters. The van der Waals surface area contributed by atoms with Gasteiger partial charge in [-0.3, -0.25) is 4.79 Å². The zero-order chi connectivity index (χ0) is 13.8. The normalized spacial score (nSPS) is 12.9. The minimum atomic E-state index is -0.839. The average Bonchev–Trinajstić information content (AvgIpc) is 2.45. The van der Waals surface area contributed by atoms with Crippen LogP contribution < -0.4 is 9.47 Å². The highest BCUT2D eigenvalue weighted by Gasteiger charge is 2.24. The SMILES string of the molecule is CCOC(=O)C(=O)c1cc2c(cc1CC)OCCO2. The Morgan fingerprint density at radius 1 is 1.16 bits per heavy atom. The smallest absolute Gasteiger partial charge is 0.379 e. The molecule has 0 saturated carbocycles. The highest BCUT2D eigenvalue weighted by molar-refractivity contribution is 6.41. The van der Waals surface area contributed by atoms with Crippen LogP contribution in [0, 0.1) is 0 Å². The quantitative estimate of drug-likeness (QED) is 0.471. The molecule has 1 heterocycles. The molecular weight excluding hydrogens is 248 g/mol. The Kier molecular flexibility index (Phi) is 4.04. The maximum absolute atomic E-state index is 12.0. The lowest BCUT2D eigenvalue weighted by atomic mass is 10.00. The van der Waals surface area contributed by atoms with Crippen LogP contribution in [0.5, 0.6) is 11.5 Å². The van der Waals surface area contributed by atoms with Crippen molar-refractivity contribution in [1.29, 1.82) is 0 Å². The van der Waals surface area contributed by atoms with Gasteiger partial charge < -0.3 is 14.2 Å². The Balaban J connectivity index is 2.38. The third-order valence-electron chi connectivity index (χ3n) is 2.85. The molecule has 5 nitrogen and oxygen atoms in total. The molecule has 0 radical (unpaired) electrons. The molecule has 0 aliphatic carbocycles. The van der Waals surface area contributed by atoms with E-state index < -0.39 is 11.8 Å². The van der Waals surface area contributed by atoms with E-state index in [4.69, 9.17) is 14.2 Å². The summed E-state index contributed by atoms with van der Waals surface area (Å²) in [5.74, 6) is -0.371. The van der Waals surface area contributed by atoms with Crippen molar-refractivity contribution in [2.45, 2.75) is 20.3 Å². The van der Waals surface area contributed by atoms with Gasteiger partial charge in [0, 0.05) is 5.56 Å². The first-order valence-corrected chi connectivity index (χ1v) is 6.31. The van der Waals surface area contributed by atoms with E-state index in [0.29, 0.717) is 36.7 Å². The van der Waals surface area contributed by atoms with Gasteiger partial charge in [0.15, 0.2) is 11.5 Å². The molecule has 2 rings (SSSR count). The molecule has 5 heteroatoms. The fourth-order valence-corrected chi connectivity index (χ4v) is 1.94. The van der Waals surface area contributed by atoms with Crippen LogP contribution in [0.4, 0.5) is 0 Å². The number of benzene rings is 1. The van der Waals surface area contributed by atoms with Crippen molar-refractivity contribution < 1.29 is 23.8 Å². The minimum Gasteiger partial charge on any atom is -0.486 e. The summed E-state index contributed by atoms with van der Waals surface area (Å²) < 4.78 is 15.6. The molecule has 0 saturated heterocycles. The van der Waals surface area contributed by atoms with Crippen LogP contribution in [0.15, 0.2) is 12.1 Å². The molecule has 19 heavy (non-hydrogen) atoms. The van der Waals surface area contributed by atoms with E-state index in [-0.39, 0.29) is 6.61 Å². The lowest BCUT2D eigenvalue weighted by Crippen LogP contribution is -2.21. The van der Waals surface area contributed by atoms with Gasteiger partial charge in [-0.25, -0.2) is 4.79 Å². The van der Waals surface area contributed by atoms with Gasteiger partial charge in [-0.05, 0) is 31.0 Å². The molecule has 0 N–H and O–H groups in total. The second-order valence-corrected chi connectivity index (χ2v) is 4.06.